The number of hydrogen-bond donors (Lipinski definition) is 1. The molecule has 2 rings (SSSR count). The molecule has 0 aromatic heterocycles. The van der Waals surface area contributed by atoms with Crippen LogP contribution in [0.1, 0.15) is 11.1 Å². The van der Waals surface area contributed by atoms with Gasteiger partial charge in [-0.3, -0.25) is 4.79 Å². The Morgan fingerprint density at radius 1 is 1.11 bits per heavy atom. The maximum atomic E-state index is 11.9. The lowest BCUT2D eigenvalue weighted by atomic mass is 10.1. The highest BCUT2D eigenvalue weighted by atomic mass is 79.9. The lowest BCUT2D eigenvalue weighted by Crippen LogP contribution is -2.14. The Morgan fingerprint density at radius 3 is 2.58 bits per heavy atom. The summed E-state index contributed by atoms with van der Waals surface area (Å²) in [6.45, 7) is 0. The maximum Gasteiger partial charge on any atom is 0.228 e. The van der Waals surface area contributed by atoms with Crippen LogP contribution in [-0.4, -0.2) is 5.91 Å². The van der Waals surface area contributed by atoms with Gasteiger partial charge in [0, 0.05) is 16.0 Å². The zero-order chi connectivity index (χ0) is 13.7. The van der Waals surface area contributed by atoms with E-state index in [1.54, 1.807) is 12.1 Å². The Bertz CT molecular complexity index is 586. The zero-order valence-corrected chi connectivity index (χ0v) is 12.5. The molecule has 2 aromatic rings. The van der Waals surface area contributed by atoms with E-state index in [1.807, 2.05) is 36.4 Å². The van der Waals surface area contributed by atoms with Crippen molar-refractivity contribution >= 4 is 39.1 Å². The summed E-state index contributed by atoms with van der Waals surface area (Å²) in [7, 11) is 0. The molecular formula is C15H13BrClNO. The van der Waals surface area contributed by atoms with Crippen molar-refractivity contribution in [1.29, 1.82) is 0 Å². The summed E-state index contributed by atoms with van der Waals surface area (Å²) in [6.07, 6.45) is 0.319. The Balaban J connectivity index is 2.01. The molecule has 0 unspecified atom stereocenters. The van der Waals surface area contributed by atoms with Crippen LogP contribution in [0.15, 0.2) is 48.5 Å². The predicted molar refractivity (Wildman–Crippen MR) is 82.9 cm³/mol. The molecule has 0 fully saturated rings. The minimum absolute atomic E-state index is 0.0472. The standard InChI is InChI=1S/C15H13BrClNO/c16-10-12-4-2-6-14(8-12)18-15(19)9-11-3-1-5-13(17)7-11/h1-8H,9-10H2,(H,18,19). The lowest BCUT2D eigenvalue weighted by molar-refractivity contribution is -0.115. The van der Waals surface area contributed by atoms with Gasteiger partial charge in [0.2, 0.25) is 5.91 Å². The van der Waals surface area contributed by atoms with Gasteiger partial charge in [0.05, 0.1) is 6.42 Å². The van der Waals surface area contributed by atoms with Gasteiger partial charge in [-0.05, 0) is 35.4 Å². The van der Waals surface area contributed by atoms with Gasteiger partial charge in [-0.1, -0.05) is 51.8 Å². The summed E-state index contributed by atoms with van der Waals surface area (Å²) >= 11 is 9.28. The predicted octanol–water partition coefficient (Wildman–Crippen LogP) is 4.42. The number of hydrogen-bond acceptors (Lipinski definition) is 1. The smallest absolute Gasteiger partial charge is 0.228 e. The fraction of sp³-hybridized carbons (Fsp3) is 0.133. The zero-order valence-electron chi connectivity index (χ0n) is 10.2. The second-order valence-electron chi connectivity index (χ2n) is 4.19. The molecule has 0 atom stereocenters. The minimum Gasteiger partial charge on any atom is -0.326 e. The maximum absolute atomic E-state index is 11.9. The summed E-state index contributed by atoms with van der Waals surface area (Å²) in [6, 6.07) is 15.1. The summed E-state index contributed by atoms with van der Waals surface area (Å²) in [5.74, 6) is -0.0472. The number of rotatable bonds is 4. The van der Waals surface area contributed by atoms with Gasteiger partial charge in [-0.15, -0.1) is 0 Å². The minimum atomic E-state index is -0.0472. The highest BCUT2D eigenvalue weighted by molar-refractivity contribution is 9.08. The molecule has 0 radical (unpaired) electrons. The van der Waals surface area contributed by atoms with E-state index in [0.29, 0.717) is 11.4 Å². The fourth-order valence-electron chi connectivity index (χ4n) is 1.77. The molecule has 0 spiro atoms. The van der Waals surface area contributed by atoms with Crippen LogP contribution in [0.2, 0.25) is 5.02 Å². The van der Waals surface area contributed by atoms with Crippen LogP contribution in [0, 0.1) is 0 Å². The van der Waals surface area contributed by atoms with Gasteiger partial charge in [-0.2, -0.15) is 0 Å². The van der Waals surface area contributed by atoms with Crippen molar-refractivity contribution in [3.05, 3.63) is 64.7 Å². The monoisotopic (exact) mass is 337 g/mol. The second-order valence-corrected chi connectivity index (χ2v) is 5.19. The van der Waals surface area contributed by atoms with E-state index in [9.17, 15) is 4.79 Å². The van der Waals surface area contributed by atoms with Crippen molar-refractivity contribution in [1.82, 2.24) is 0 Å². The topological polar surface area (TPSA) is 29.1 Å². The van der Waals surface area contributed by atoms with Gasteiger partial charge in [0.1, 0.15) is 0 Å². The Morgan fingerprint density at radius 2 is 1.84 bits per heavy atom. The molecule has 2 aromatic carbocycles. The normalized spacial score (nSPS) is 10.2. The second kappa shape index (κ2) is 6.73. The fourth-order valence-corrected chi connectivity index (χ4v) is 2.33. The van der Waals surface area contributed by atoms with Crippen LogP contribution < -0.4 is 5.32 Å². The molecule has 0 aliphatic heterocycles. The van der Waals surface area contributed by atoms with E-state index in [-0.39, 0.29) is 5.91 Å². The molecule has 19 heavy (non-hydrogen) atoms. The van der Waals surface area contributed by atoms with Crippen molar-refractivity contribution in [3.63, 3.8) is 0 Å². The summed E-state index contributed by atoms with van der Waals surface area (Å²) in [5, 5.41) is 4.30. The summed E-state index contributed by atoms with van der Waals surface area (Å²) in [4.78, 5) is 11.9. The number of carbonyl (C=O) groups is 1. The van der Waals surface area contributed by atoms with E-state index in [2.05, 4.69) is 21.2 Å². The molecule has 2 nitrogen and oxygen atoms in total. The lowest BCUT2D eigenvalue weighted by Gasteiger charge is -2.06. The summed E-state index contributed by atoms with van der Waals surface area (Å²) in [5.41, 5.74) is 2.84. The average Bonchev–Trinajstić information content (AvgIpc) is 2.38. The van der Waals surface area contributed by atoms with Gasteiger partial charge in [-0.25, -0.2) is 0 Å². The number of anilines is 1. The number of amides is 1. The first-order chi connectivity index (χ1) is 9.17. The van der Waals surface area contributed by atoms with Gasteiger partial charge in [0.25, 0.3) is 0 Å². The molecule has 0 aliphatic rings. The van der Waals surface area contributed by atoms with Crippen molar-refractivity contribution in [3.8, 4) is 0 Å². The first-order valence-corrected chi connectivity index (χ1v) is 7.36. The number of halogens is 2. The van der Waals surface area contributed by atoms with Gasteiger partial charge in [0.15, 0.2) is 0 Å². The van der Waals surface area contributed by atoms with E-state index >= 15 is 0 Å². The van der Waals surface area contributed by atoms with E-state index in [1.165, 1.54) is 0 Å². The Labute approximate surface area is 125 Å². The van der Waals surface area contributed by atoms with E-state index < -0.39 is 0 Å². The van der Waals surface area contributed by atoms with Crippen LogP contribution in [0.5, 0.6) is 0 Å². The molecule has 4 heteroatoms. The third-order valence-corrected chi connectivity index (χ3v) is 3.50. The first kappa shape index (κ1) is 14.1. The van der Waals surface area contributed by atoms with Crippen LogP contribution in [-0.2, 0) is 16.5 Å². The van der Waals surface area contributed by atoms with Crippen molar-refractivity contribution in [2.45, 2.75) is 11.8 Å². The highest BCUT2D eigenvalue weighted by Gasteiger charge is 2.05. The molecule has 98 valence electrons. The molecule has 1 N–H and O–H groups in total. The molecule has 0 saturated heterocycles. The van der Waals surface area contributed by atoms with E-state index in [0.717, 1.165) is 22.1 Å². The Kier molecular flexibility index (Phi) is 5.00. The first-order valence-electron chi connectivity index (χ1n) is 5.86. The van der Waals surface area contributed by atoms with Gasteiger partial charge < -0.3 is 5.32 Å². The highest BCUT2D eigenvalue weighted by Crippen LogP contribution is 2.15. The largest absolute Gasteiger partial charge is 0.326 e. The number of carbonyl (C=O) groups excluding carboxylic acids is 1. The third kappa shape index (κ3) is 4.37. The quantitative estimate of drug-likeness (QED) is 0.822. The summed E-state index contributed by atoms with van der Waals surface area (Å²) < 4.78 is 0. The number of benzene rings is 2. The van der Waals surface area contributed by atoms with E-state index in [4.69, 9.17) is 11.6 Å². The molecule has 0 bridgehead atoms. The Hall–Kier alpha value is -1.32. The van der Waals surface area contributed by atoms with Crippen LogP contribution in [0.25, 0.3) is 0 Å². The third-order valence-electron chi connectivity index (χ3n) is 2.62. The van der Waals surface area contributed by atoms with Gasteiger partial charge >= 0.3 is 0 Å². The molecular weight excluding hydrogens is 326 g/mol. The average molecular weight is 339 g/mol. The van der Waals surface area contributed by atoms with Crippen molar-refractivity contribution in [2.24, 2.45) is 0 Å². The molecule has 0 saturated carbocycles. The van der Waals surface area contributed by atoms with Crippen molar-refractivity contribution in [2.75, 3.05) is 5.32 Å². The molecule has 0 heterocycles. The van der Waals surface area contributed by atoms with Crippen LogP contribution in [0.4, 0.5) is 5.69 Å². The van der Waals surface area contributed by atoms with Crippen LogP contribution >= 0.6 is 27.5 Å². The molecule has 0 aliphatic carbocycles. The SMILES string of the molecule is O=C(Cc1cccc(Cl)c1)Nc1cccc(CBr)c1. The van der Waals surface area contributed by atoms with Crippen LogP contribution in [0.3, 0.4) is 0 Å². The number of nitrogens with one attached hydrogen (secondary N) is 1. The molecule has 1 amide bonds. The van der Waals surface area contributed by atoms with Crippen molar-refractivity contribution < 1.29 is 4.79 Å². The number of alkyl halides is 1.